The molecule has 0 spiro atoms. The van der Waals surface area contributed by atoms with Gasteiger partial charge in [0.05, 0.1) is 18.3 Å². The second-order valence-corrected chi connectivity index (χ2v) is 4.84. The maximum absolute atomic E-state index is 5.74. The number of nitrogens with zero attached hydrogens (tertiary/aromatic N) is 2. The van der Waals surface area contributed by atoms with Gasteiger partial charge < -0.3 is 9.47 Å². The zero-order valence-electron chi connectivity index (χ0n) is 10.9. The SMILES string of the molecule is c1cc2ccc(CCOC3CCCCO3)cc2nn1. The van der Waals surface area contributed by atoms with Gasteiger partial charge in [0.15, 0.2) is 6.29 Å². The third kappa shape index (κ3) is 3.28. The molecule has 0 saturated carbocycles. The predicted octanol–water partition coefficient (Wildman–Crippen LogP) is 2.72. The summed E-state index contributed by atoms with van der Waals surface area (Å²) in [5, 5.41) is 9.15. The molecule has 1 unspecified atom stereocenters. The molecule has 0 N–H and O–H groups in total. The van der Waals surface area contributed by atoms with E-state index < -0.39 is 0 Å². The van der Waals surface area contributed by atoms with Crippen molar-refractivity contribution in [2.75, 3.05) is 13.2 Å². The van der Waals surface area contributed by atoms with Gasteiger partial charge in [0.25, 0.3) is 0 Å². The van der Waals surface area contributed by atoms with Gasteiger partial charge in [-0.3, -0.25) is 0 Å². The molecule has 19 heavy (non-hydrogen) atoms. The van der Waals surface area contributed by atoms with Crippen LogP contribution in [0.15, 0.2) is 30.5 Å². The third-order valence-electron chi connectivity index (χ3n) is 3.41. The number of rotatable bonds is 4. The smallest absolute Gasteiger partial charge is 0.157 e. The third-order valence-corrected chi connectivity index (χ3v) is 3.41. The molecule has 1 aromatic heterocycles. The minimum Gasteiger partial charge on any atom is -0.353 e. The van der Waals surface area contributed by atoms with Gasteiger partial charge in [0.1, 0.15) is 0 Å². The van der Waals surface area contributed by atoms with E-state index in [0.29, 0.717) is 6.61 Å². The van der Waals surface area contributed by atoms with Crippen LogP contribution in [0.3, 0.4) is 0 Å². The van der Waals surface area contributed by atoms with Gasteiger partial charge >= 0.3 is 0 Å². The number of fused-ring (bicyclic) bond motifs is 1. The number of benzene rings is 1. The molecular weight excluding hydrogens is 240 g/mol. The fraction of sp³-hybridized carbons (Fsp3) is 0.467. The van der Waals surface area contributed by atoms with E-state index >= 15 is 0 Å². The summed E-state index contributed by atoms with van der Waals surface area (Å²) in [6.45, 7) is 1.52. The van der Waals surface area contributed by atoms with Crippen LogP contribution in [0.2, 0.25) is 0 Å². The van der Waals surface area contributed by atoms with Crippen molar-refractivity contribution in [2.24, 2.45) is 0 Å². The maximum atomic E-state index is 5.74. The second kappa shape index (κ2) is 6.08. The first kappa shape index (κ1) is 12.5. The summed E-state index contributed by atoms with van der Waals surface area (Å²) in [7, 11) is 0. The average Bonchev–Trinajstić information content (AvgIpc) is 2.48. The Bertz CT molecular complexity index is 538. The van der Waals surface area contributed by atoms with E-state index in [0.717, 1.165) is 36.8 Å². The average molecular weight is 258 g/mol. The monoisotopic (exact) mass is 258 g/mol. The van der Waals surface area contributed by atoms with Crippen LogP contribution >= 0.6 is 0 Å². The molecule has 1 fully saturated rings. The Morgan fingerprint density at radius 3 is 3.16 bits per heavy atom. The van der Waals surface area contributed by atoms with Crippen molar-refractivity contribution in [2.45, 2.75) is 32.0 Å². The lowest BCUT2D eigenvalue weighted by atomic mass is 10.1. The zero-order chi connectivity index (χ0) is 12.9. The summed E-state index contributed by atoms with van der Waals surface area (Å²) in [4.78, 5) is 0. The minimum absolute atomic E-state index is 0.00556. The molecule has 1 aliphatic rings. The Morgan fingerprint density at radius 1 is 1.26 bits per heavy atom. The van der Waals surface area contributed by atoms with E-state index in [4.69, 9.17) is 9.47 Å². The standard InChI is InChI=1S/C15H18N2O2/c1-2-9-18-15(3-1)19-10-7-12-4-5-13-6-8-16-17-14(13)11-12/h4-6,8,11,15H,1-3,7,9-10H2. The van der Waals surface area contributed by atoms with Crippen molar-refractivity contribution < 1.29 is 9.47 Å². The minimum atomic E-state index is -0.00556. The van der Waals surface area contributed by atoms with Crippen LogP contribution in [-0.4, -0.2) is 29.7 Å². The van der Waals surface area contributed by atoms with E-state index in [1.165, 1.54) is 12.0 Å². The highest BCUT2D eigenvalue weighted by atomic mass is 16.7. The first-order chi connectivity index (χ1) is 9.42. The summed E-state index contributed by atoms with van der Waals surface area (Å²) in [6, 6.07) is 8.25. The molecule has 1 aromatic carbocycles. The molecule has 3 rings (SSSR count). The van der Waals surface area contributed by atoms with Gasteiger partial charge in [-0.2, -0.15) is 10.2 Å². The van der Waals surface area contributed by atoms with Crippen molar-refractivity contribution in [3.63, 3.8) is 0 Å². The fourth-order valence-corrected chi connectivity index (χ4v) is 2.33. The van der Waals surface area contributed by atoms with E-state index in [1.54, 1.807) is 6.20 Å². The molecule has 2 aromatic rings. The summed E-state index contributed by atoms with van der Waals surface area (Å²) in [5.41, 5.74) is 2.16. The van der Waals surface area contributed by atoms with Crippen molar-refractivity contribution >= 4 is 10.9 Å². The van der Waals surface area contributed by atoms with Gasteiger partial charge in [-0.05, 0) is 43.4 Å². The van der Waals surface area contributed by atoms with Gasteiger partial charge in [0, 0.05) is 12.0 Å². The Balaban J connectivity index is 1.56. The van der Waals surface area contributed by atoms with Crippen LogP contribution in [-0.2, 0) is 15.9 Å². The van der Waals surface area contributed by atoms with Crippen LogP contribution in [0, 0.1) is 0 Å². The Morgan fingerprint density at radius 2 is 2.26 bits per heavy atom. The number of ether oxygens (including phenoxy) is 2. The van der Waals surface area contributed by atoms with Gasteiger partial charge in [0.2, 0.25) is 0 Å². The van der Waals surface area contributed by atoms with Crippen LogP contribution in [0.1, 0.15) is 24.8 Å². The molecule has 1 atom stereocenters. The number of hydrogen-bond acceptors (Lipinski definition) is 4. The van der Waals surface area contributed by atoms with Crippen molar-refractivity contribution in [3.8, 4) is 0 Å². The van der Waals surface area contributed by atoms with Crippen molar-refractivity contribution in [3.05, 3.63) is 36.0 Å². The molecule has 4 nitrogen and oxygen atoms in total. The maximum Gasteiger partial charge on any atom is 0.157 e. The van der Waals surface area contributed by atoms with Crippen molar-refractivity contribution in [1.29, 1.82) is 0 Å². The fourth-order valence-electron chi connectivity index (χ4n) is 2.33. The normalized spacial score (nSPS) is 19.7. The molecule has 1 saturated heterocycles. The highest BCUT2D eigenvalue weighted by Crippen LogP contribution is 2.15. The number of aromatic nitrogens is 2. The van der Waals surface area contributed by atoms with E-state index in [9.17, 15) is 0 Å². The van der Waals surface area contributed by atoms with Crippen LogP contribution in [0.25, 0.3) is 10.9 Å². The summed E-state index contributed by atoms with van der Waals surface area (Å²) >= 11 is 0. The van der Waals surface area contributed by atoms with Crippen LogP contribution < -0.4 is 0 Å². The van der Waals surface area contributed by atoms with Gasteiger partial charge in [-0.15, -0.1) is 0 Å². The molecule has 100 valence electrons. The van der Waals surface area contributed by atoms with Gasteiger partial charge in [-0.25, -0.2) is 0 Å². The van der Waals surface area contributed by atoms with Crippen LogP contribution in [0.5, 0.6) is 0 Å². The van der Waals surface area contributed by atoms with E-state index in [-0.39, 0.29) is 6.29 Å². The summed E-state index contributed by atoms with van der Waals surface area (Å²) in [5.74, 6) is 0. The molecule has 0 radical (unpaired) electrons. The largest absolute Gasteiger partial charge is 0.353 e. The lowest BCUT2D eigenvalue weighted by molar-refractivity contribution is -0.161. The first-order valence-corrected chi connectivity index (χ1v) is 6.85. The summed E-state index contributed by atoms with van der Waals surface area (Å²) < 4.78 is 11.3. The lowest BCUT2D eigenvalue weighted by Crippen LogP contribution is -2.23. The van der Waals surface area contributed by atoms with E-state index in [1.807, 2.05) is 6.07 Å². The Labute approximate surface area is 112 Å². The highest BCUT2D eigenvalue weighted by Gasteiger charge is 2.13. The van der Waals surface area contributed by atoms with Crippen LogP contribution in [0.4, 0.5) is 0 Å². The quantitative estimate of drug-likeness (QED) is 0.845. The number of hydrogen-bond donors (Lipinski definition) is 0. The molecule has 1 aliphatic heterocycles. The second-order valence-electron chi connectivity index (χ2n) is 4.84. The predicted molar refractivity (Wildman–Crippen MR) is 72.8 cm³/mol. The van der Waals surface area contributed by atoms with Crippen molar-refractivity contribution in [1.82, 2.24) is 10.2 Å². The molecule has 2 heterocycles. The van der Waals surface area contributed by atoms with E-state index in [2.05, 4.69) is 28.4 Å². The topological polar surface area (TPSA) is 44.2 Å². The zero-order valence-corrected chi connectivity index (χ0v) is 10.9. The molecule has 4 heteroatoms. The molecule has 0 amide bonds. The lowest BCUT2D eigenvalue weighted by Gasteiger charge is -2.22. The first-order valence-electron chi connectivity index (χ1n) is 6.85. The Kier molecular flexibility index (Phi) is 4.01. The summed E-state index contributed by atoms with van der Waals surface area (Å²) in [6.07, 6.45) is 5.97. The highest BCUT2D eigenvalue weighted by molar-refractivity contribution is 5.78. The van der Waals surface area contributed by atoms with Gasteiger partial charge in [-0.1, -0.05) is 12.1 Å². The molecule has 0 aliphatic carbocycles. The molecule has 0 bridgehead atoms. The molecular formula is C15H18N2O2. The Hall–Kier alpha value is -1.52.